The van der Waals surface area contributed by atoms with Gasteiger partial charge in [-0.3, -0.25) is 0 Å². The number of methoxy groups -OCH3 is 1. The van der Waals surface area contributed by atoms with E-state index in [1.807, 2.05) is 0 Å². The van der Waals surface area contributed by atoms with Crippen LogP contribution in [0.1, 0.15) is 16.8 Å². The first-order chi connectivity index (χ1) is 14.0. The largest absolute Gasteiger partial charge is 0.496 e. The molecule has 0 bridgehead atoms. The molecule has 2 aromatic carbocycles. The van der Waals surface area contributed by atoms with Gasteiger partial charge in [0.2, 0.25) is 0 Å². The van der Waals surface area contributed by atoms with Crippen LogP contribution in [-0.2, 0) is 7.05 Å². The average Bonchev–Trinajstić information content (AvgIpc) is 3.01. The van der Waals surface area contributed by atoms with Gasteiger partial charge in [0, 0.05) is 45.9 Å². The highest BCUT2D eigenvalue weighted by Gasteiger charge is 2.80. The zero-order valence-corrected chi connectivity index (χ0v) is 16.2. The Morgan fingerprint density at radius 2 is 1.37 bits per heavy atom. The van der Waals surface area contributed by atoms with Crippen LogP contribution >= 0.6 is 0 Å². The van der Waals surface area contributed by atoms with Gasteiger partial charge in [0.05, 0.1) is 7.11 Å². The fourth-order valence-electron chi connectivity index (χ4n) is 4.10. The number of fused-ring (bicyclic) bond motifs is 1. The summed E-state index contributed by atoms with van der Waals surface area (Å²) in [6.45, 7) is 1.44. The van der Waals surface area contributed by atoms with Crippen molar-refractivity contribution < 1.29 is 31.1 Å². The van der Waals surface area contributed by atoms with Gasteiger partial charge in [-0.25, -0.2) is 0 Å². The van der Waals surface area contributed by atoms with Crippen molar-refractivity contribution in [3.63, 3.8) is 0 Å². The number of aromatic nitrogens is 1. The monoisotopic (exact) mass is 425 g/mol. The van der Waals surface area contributed by atoms with Crippen LogP contribution in [0.25, 0.3) is 22.0 Å². The van der Waals surface area contributed by atoms with Gasteiger partial charge in [0.15, 0.2) is 0 Å². The minimum atomic E-state index is -5.62. The lowest BCUT2D eigenvalue weighted by Crippen LogP contribution is -2.49. The number of nitrogens with zero attached hydrogens (tertiary/aromatic N) is 1. The summed E-state index contributed by atoms with van der Waals surface area (Å²) in [5.74, 6) is -16.0. The van der Waals surface area contributed by atoms with Crippen molar-refractivity contribution >= 4 is 22.0 Å². The zero-order valence-electron chi connectivity index (χ0n) is 16.2. The van der Waals surface area contributed by atoms with E-state index in [0.29, 0.717) is 5.52 Å². The summed E-state index contributed by atoms with van der Waals surface area (Å²) >= 11 is 0. The fraction of sp³-hybridized carbons (Fsp3) is 0.273. The summed E-state index contributed by atoms with van der Waals surface area (Å²) < 4.78 is 95.9. The highest BCUT2D eigenvalue weighted by Crippen LogP contribution is 2.66. The summed E-state index contributed by atoms with van der Waals surface area (Å²) in [4.78, 5) is 0. The molecular formula is C22H17F6NO. The van der Waals surface area contributed by atoms with Crippen LogP contribution in [0, 0.1) is 6.92 Å². The second-order valence-corrected chi connectivity index (χ2v) is 7.21. The lowest BCUT2D eigenvalue weighted by molar-refractivity contribution is -0.254. The summed E-state index contributed by atoms with van der Waals surface area (Å²) in [5, 5.41) is 0.188. The molecule has 0 radical (unpaired) electrons. The van der Waals surface area contributed by atoms with Gasteiger partial charge in [-0.2, -0.15) is 26.3 Å². The smallest absolute Gasteiger partial charge is 0.380 e. The van der Waals surface area contributed by atoms with E-state index in [0.717, 1.165) is 13.2 Å². The highest BCUT2D eigenvalue weighted by atomic mass is 19.3. The molecule has 0 saturated heterocycles. The number of rotatable bonds is 3. The van der Waals surface area contributed by atoms with Crippen molar-refractivity contribution in [1.29, 1.82) is 0 Å². The second kappa shape index (κ2) is 6.30. The molecule has 1 heterocycles. The maximum Gasteiger partial charge on any atom is 0.380 e. The first kappa shape index (κ1) is 20.4. The van der Waals surface area contributed by atoms with Crippen molar-refractivity contribution in [3.8, 4) is 5.75 Å². The molecule has 158 valence electrons. The molecule has 2 nitrogen and oxygen atoms in total. The Hall–Kier alpha value is -2.90. The molecule has 1 aliphatic carbocycles. The van der Waals surface area contributed by atoms with Crippen LogP contribution in [0.4, 0.5) is 26.3 Å². The summed E-state index contributed by atoms with van der Waals surface area (Å²) in [7, 11) is 2.72. The number of benzene rings is 2. The number of allylic oxidation sites excluding steroid dienone is 2. The highest BCUT2D eigenvalue weighted by molar-refractivity contribution is 6.08. The lowest BCUT2D eigenvalue weighted by Gasteiger charge is -2.26. The number of ether oxygens (including phenoxy) is 1. The molecule has 1 aromatic heterocycles. The van der Waals surface area contributed by atoms with Crippen LogP contribution in [0.5, 0.6) is 5.75 Å². The Morgan fingerprint density at radius 3 is 2.03 bits per heavy atom. The number of para-hydroxylation sites is 2. The van der Waals surface area contributed by atoms with Crippen LogP contribution in [-0.4, -0.2) is 29.4 Å². The van der Waals surface area contributed by atoms with Gasteiger partial charge in [0.1, 0.15) is 5.75 Å². The van der Waals surface area contributed by atoms with E-state index in [1.165, 1.54) is 41.8 Å². The topological polar surface area (TPSA) is 14.2 Å². The van der Waals surface area contributed by atoms with Gasteiger partial charge in [-0.05, 0) is 19.1 Å². The van der Waals surface area contributed by atoms with Gasteiger partial charge in [-0.15, -0.1) is 0 Å². The Morgan fingerprint density at radius 1 is 0.800 bits per heavy atom. The van der Waals surface area contributed by atoms with Gasteiger partial charge in [0.25, 0.3) is 0 Å². The molecule has 8 heteroatoms. The molecule has 0 atom stereocenters. The third-order valence-electron chi connectivity index (χ3n) is 5.69. The van der Waals surface area contributed by atoms with Crippen LogP contribution < -0.4 is 4.74 Å². The third kappa shape index (κ3) is 2.33. The Kier molecular flexibility index (Phi) is 4.28. The number of hydrogen-bond donors (Lipinski definition) is 0. The molecule has 3 aromatic rings. The van der Waals surface area contributed by atoms with Crippen LogP contribution in [0.3, 0.4) is 0 Å². The van der Waals surface area contributed by atoms with Crippen molar-refractivity contribution in [3.05, 3.63) is 65.4 Å². The third-order valence-corrected chi connectivity index (χ3v) is 5.69. The zero-order chi connectivity index (χ0) is 22.1. The number of halogens is 6. The molecule has 4 rings (SSSR count). The van der Waals surface area contributed by atoms with Gasteiger partial charge in [-0.1, -0.05) is 36.4 Å². The van der Waals surface area contributed by atoms with Crippen LogP contribution in [0.2, 0.25) is 0 Å². The van der Waals surface area contributed by atoms with E-state index >= 15 is 17.6 Å². The second-order valence-electron chi connectivity index (χ2n) is 7.21. The average molecular weight is 425 g/mol. The van der Waals surface area contributed by atoms with E-state index in [2.05, 4.69) is 0 Å². The maximum absolute atomic E-state index is 15.1. The maximum atomic E-state index is 15.1. The summed E-state index contributed by atoms with van der Waals surface area (Å²) in [6, 6.07) is 11.3. The Labute approximate surface area is 168 Å². The predicted molar refractivity (Wildman–Crippen MR) is 102 cm³/mol. The van der Waals surface area contributed by atoms with Gasteiger partial charge < -0.3 is 9.30 Å². The minimum Gasteiger partial charge on any atom is -0.496 e. The van der Waals surface area contributed by atoms with Crippen molar-refractivity contribution in [2.24, 2.45) is 7.05 Å². The number of aryl methyl sites for hydroxylation is 1. The van der Waals surface area contributed by atoms with E-state index in [1.54, 1.807) is 19.2 Å². The SMILES string of the molecule is COc1ccccc1C1=C(c2c(C)n(C)c3ccccc23)C(F)(F)C(F)(F)C1(F)F. The molecular weight excluding hydrogens is 408 g/mol. The van der Waals surface area contributed by atoms with Gasteiger partial charge >= 0.3 is 17.8 Å². The van der Waals surface area contributed by atoms with Crippen molar-refractivity contribution in [1.82, 2.24) is 4.57 Å². The normalized spacial score (nSPS) is 19.5. The number of alkyl halides is 6. The quantitative estimate of drug-likeness (QED) is 0.448. The molecule has 0 unspecified atom stereocenters. The molecule has 0 spiro atoms. The molecule has 1 aliphatic rings. The molecule has 0 aliphatic heterocycles. The predicted octanol–water partition coefficient (Wildman–Crippen LogP) is 6.33. The Balaban J connectivity index is 2.23. The van der Waals surface area contributed by atoms with E-state index in [9.17, 15) is 8.78 Å². The summed E-state index contributed by atoms with van der Waals surface area (Å²) in [5.41, 5.74) is -2.98. The van der Waals surface area contributed by atoms with E-state index in [4.69, 9.17) is 4.74 Å². The number of hydrogen-bond acceptors (Lipinski definition) is 1. The standard InChI is InChI=1S/C22H17F6NO/c1-12-17(13-8-4-6-10-15(13)29(12)2)19-18(14-9-5-7-11-16(14)30-3)20(23,24)22(27,28)21(19,25)26/h4-11H,1-3H3. The molecule has 0 amide bonds. The van der Waals surface area contributed by atoms with E-state index < -0.39 is 34.5 Å². The molecule has 0 N–H and O–H groups in total. The first-order valence-corrected chi connectivity index (χ1v) is 9.05. The Bertz CT molecular complexity index is 1190. The summed E-state index contributed by atoms with van der Waals surface area (Å²) in [6.07, 6.45) is 0. The lowest BCUT2D eigenvalue weighted by atomic mass is 9.92. The molecule has 30 heavy (non-hydrogen) atoms. The molecule has 0 fully saturated rings. The van der Waals surface area contributed by atoms with Crippen LogP contribution in [0.15, 0.2) is 48.5 Å². The minimum absolute atomic E-state index is 0.173. The molecule has 0 saturated carbocycles. The van der Waals surface area contributed by atoms with E-state index in [-0.39, 0.29) is 22.4 Å². The van der Waals surface area contributed by atoms with Crippen molar-refractivity contribution in [2.45, 2.75) is 24.7 Å². The first-order valence-electron chi connectivity index (χ1n) is 9.05. The van der Waals surface area contributed by atoms with Crippen molar-refractivity contribution in [2.75, 3.05) is 7.11 Å². The fourth-order valence-corrected chi connectivity index (χ4v) is 4.10.